The number of nitrogens with zero attached hydrogens (tertiary/aromatic N) is 1. The van der Waals surface area contributed by atoms with Crippen LogP contribution in [0, 0.1) is 5.82 Å². The Labute approximate surface area is 105 Å². The quantitative estimate of drug-likeness (QED) is 0.490. The summed E-state index contributed by atoms with van der Waals surface area (Å²) in [6, 6.07) is 4.65. The molecule has 1 aromatic carbocycles. The lowest BCUT2D eigenvalue weighted by Gasteiger charge is -2.06. The molecule has 0 amide bonds. The zero-order chi connectivity index (χ0) is 12.8. The zero-order valence-electron chi connectivity index (χ0n) is 9.87. The Kier molecular flexibility index (Phi) is 4.84. The highest BCUT2D eigenvalue weighted by molar-refractivity contribution is 7.80. The number of nitrogens with one attached hydrogen (secondary N) is 2. The summed E-state index contributed by atoms with van der Waals surface area (Å²) in [7, 11) is 3.11. The molecule has 17 heavy (non-hydrogen) atoms. The van der Waals surface area contributed by atoms with Crippen LogP contribution in [0.2, 0.25) is 0 Å². The van der Waals surface area contributed by atoms with Crippen LogP contribution in [0.3, 0.4) is 0 Å². The average molecular weight is 255 g/mol. The third-order valence-electron chi connectivity index (χ3n) is 2.12. The van der Waals surface area contributed by atoms with Crippen molar-refractivity contribution in [1.29, 1.82) is 0 Å². The smallest absolute Gasteiger partial charge is 0.186 e. The molecule has 0 radical (unpaired) electrons. The van der Waals surface area contributed by atoms with Gasteiger partial charge in [0.05, 0.1) is 12.8 Å². The second-order valence-electron chi connectivity index (χ2n) is 3.24. The molecule has 0 bridgehead atoms. The molecule has 0 unspecified atom stereocenters. The van der Waals surface area contributed by atoms with E-state index in [1.54, 1.807) is 26.1 Å². The van der Waals surface area contributed by atoms with E-state index in [0.29, 0.717) is 16.4 Å². The number of halogens is 1. The van der Waals surface area contributed by atoms with Gasteiger partial charge in [-0.05, 0) is 37.3 Å². The number of hydrogen-bond acceptors (Lipinski definition) is 3. The van der Waals surface area contributed by atoms with Gasteiger partial charge in [0.1, 0.15) is 0 Å². The summed E-state index contributed by atoms with van der Waals surface area (Å²) in [5, 5.41) is 7.14. The maximum atomic E-state index is 13.4. The Hall–Kier alpha value is -1.69. The van der Waals surface area contributed by atoms with Crippen LogP contribution in [0.25, 0.3) is 0 Å². The van der Waals surface area contributed by atoms with Crippen LogP contribution < -0.4 is 15.5 Å². The molecule has 2 N–H and O–H groups in total. The molecule has 0 saturated carbocycles. The molecule has 0 heterocycles. The molecule has 0 aliphatic carbocycles. The Morgan fingerprint density at radius 3 is 2.71 bits per heavy atom. The summed E-state index contributed by atoms with van der Waals surface area (Å²) in [5.41, 5.74) is 3.92. The van der Waals surface area contributed by atoms with Gasteiger partial charge in [0.25, 0.3) is 0 Å². The molecule has 0 aromatic heterocycles. The predicted octanol–water partition coefficient (Wildman–Crippen LogP) is 1.65. The van der Waals surface area contributed by atoms with Crippen LogP contribution >= 0.6 is 12.2 Å². The summed E-state index contributed by atoms with van der Waals surface area (Å²) in [5.74, 6) is -0.212. The Morgan fingerprint density at radius 2 is 2.18 bits per heavy atom. The molecule has 1 aromatic rings. The first-order valence-electron chi connectivity index (χ1n) is 4.94. The first-order valence-corrected chi connectivity index (χ1v) is 5.35. The molecule has 6 heteroatoms. The maximum Gasteiger partial charge on any atom is 0.186 e. The van der Waals surface area contributed by atoms with E-state index in [2.05, 4.69) is 15.8 Å². The average Bonchev–Trinajstić information content (AvgIpc) is 2.35. The molecule has 0 saturated heterocycles. The standard InChI is InChI=1S/C11H14FN3OS/c1-7(14-15-11(17)13-2)8-4-5-10(16-3)9(12)6-8/h4-6H,1-3H3,(H2,13,15,17)/b14-7-. The number of rotatable bonds is 3. The van der Waals surface area contributed by atoms with E-state index < -0.39 is 5.82 Å². The summed E-state index contributed by atoms with van der Waals surface area (Å²) in [6.07, 6.45) is 0. The topological polar surface area (TPSA) is 45.7 Å². The van der Waals surface area contributed by atoms with Crippen molar-refractivity contribution in [3.63, 3.8) is 0 Å². The van der Waals surface area contributed by atoms with Crippen LogP contribution in [-0.2, 0) is 0 Å². The van der Waals surface area contributed by atoms with Crippen molar-refractivity contribution in [2.24, 2.45) is 5.10 Å². The van der Waals surface area contributed by atoms with Crippen LogP contribution in [-0.4, -0.2) is 25.0 Å². The lowest BCUT2D eigenvalue weighted by molar-refractivity contribution is 0.386. The fourth-order valence-corrected chi connectivity index (χ4v) is 1.19. The maximum absolute atomic E-state index is 13.4. The zero-order valence-corrected chi connectivity index (χ0v) is 10.7. The first-order chi connectivity index (χ1) is 8.08. The van der Waals surface area contributed by atoms with Crippen LogP contribution in [0.15, 0.2) is 23.3 Å². The third kappa shape index (κ3) is 3.67. The molecular formula is C11H14FN3OS. The summed E-state index contributed by atoms with van der Waals surface area (Å²) >= 11 is 4.87. The number of ether oxygens (including phenoxy) is 1. The van der Waals surface area contributed by atoms with Crippen LogP contribution in [0.5, 0.6) is 5.75 Å². The molecule has 92 valence electrons. The van der Waals surface area contributed by atoms with Gasteiger partial charge in [-0.25, -0.2) is 4.39 Å². The summed E-state index contributed by atoms with van der Waals surface area (Å²) in [6.45, 7) is 1.76. The predicted molar refractivity (Wildman–Crippen MR) is 70.0 cm³/mol. The van der Waals surface area contributed by atoms with Gasteiger partial charge >= 0.3 is 0 Å². The molecule has 0 aliphatic heterocycles. The Bertz CT molecular complexity index is 448. The van der Waals surface area contributed by atoms with E-state index in [9.17, 15) is 4.39 Å². The number of benzene rings is 1. The van der Waals surface area contributed by atoms with E-state index in [-0.39, 0.29) is 5.75 Å². The van der Waals surface area contributed by atoms with E-state index >= 15 is 0 Å². The van der Waals surface area contributed by atoms with Gasteiger partial charge in [0, 0.05) is 12.6 Å². The molecule has 4 nitrogen and oxygen atoms in total. The molecule has 0 atom stereocenters. The van der Waals surface area contributed by atoms with Crippen molar-refractivity contribution in [3.05, 3.63) is 29.6 Å². The van der Waals surface area contributed by atoms with Gasteiger partial charge in [0.15, 0.2) is 16.7 Å². The van der Waals surface area contributed by atoms with Gasteiger partial charge in [-0.2, -0.15) is 5.10 Å². The monoisotopic (exact) mass is 255 g/mol. The number of methoxy groups -OCH3 is 1. The van der Waals surface area contributed by atoms with E-state index in [4.69, 9.17) is 17.0 Å². The van der Waals surface area contributed by atoms with Gasteiger partial charge < -0.3 is 10.1 Å². The van der Waals surface area contributed by atoms with E-state index in [0.717, 1.165) is 0 Å². The summed E-state index contributed by atoms with van der Waals surface area (Å²) < 4.78 is 18.3. The minimum Gasteiger partial charge on any atom is -0.494 e. The van der Waals surface area contributed by atoms with Crippen molar-refractivity contribution in [2.75, 3.05) is 14.2 Å². The second-order valence-corrected chi connectivity index (χ2v) is 3.65. The molecule has 0 fully saturated rings. The summed E-state index contributed by atoms with van der Waals surface area (Å²) in [4.78, 5) is 0. The lowest BCUT2D eigenvalue weighted by atomic mass is 10.1. The minimum absolute atomic E-state index is 0.209. The first kappa shape index (κ1) is 13.4. The molecule has 1 rings (SSSR count). The highest BCUT2D eigenvalue weighted by atomic mass is 32.1. The minimum atomic E-state index is -0.421. The fourth-order valence-electron chi connectivity index (χ4n) is 1.15. The molecule has 0 aliphatic rings. The largest absolute Gasteiger partial charge is 0.494 e. The highest BCUT2D eigenvalue weighted by Crippen LogP contribution is 2.17. The Morgan fingerprint density at radius 1 is 1.47 bits per heavy atom. The van der Waals surface area contributed by atoms with Crippen molar-refractivity contribution < 1.29 is 9.13 Å². The SMILES string of the molecule is CNC(=S)N/N=C(/C)c1ccc(OC)c(F)c1. The lowest BCUT2D eigenvalue weighted by Crippen LogP contribution is -2.29. The molecular weight excluding hydrogens is 241 g/mol. The highest BCUT2D eigenvalue weighted by Gasteiger charge is 2.05. The van der Waals surface area contributed by atoms with Crippen molar-refractivity contribution in [1.82, 2.24) is 10.7 Å². The van der Waals surface area contributed by atoms with Crippen LogP contribution in [0.1, 0.15) is 12.5 Å². The van der Waals surface area contributed by atoms with Crippen LogP contribution in [0.4, 0.5) is 4.39 Å². The number of hydrogen-bond donors (Lipinski definition) is 2. The van der Waals surface area contributed by atoms with Gasteiger partial charge in [-0.15, -0.1) is 0 Å². The number of hydrazone groups is 1. The third-order valence-corrected chi connectivity index (χ3v) is 2.42. The molecule has 0 spiro atoms. The normalized spacial score (nSPS) is 10.9. The Balaban J connectivity index is 2.85. The van der Waals surface area contributed by atoms with Crippen molar-refractivity contribution in [2.45, 2.75) is 6.92 Å². The van der Waals surface area contributed by atoms with Gasteiger partial charge in [-0.3, -0.25) is 5.43 Å². The second kappa shape index (κ2) is 6.15. The number of thiocarbonyl (C=S) groups is 1. The van der Waals surface area contributed by atoms with Crippen molar-refractivity contribution >= 4 is 23.0 Å². The fraction of sp³-hybridized carbons (Fsp3) is 0.273. The van der Waals surface area contributed by atoms with E-state index in [1.165, 1.54) is 13.2 Å². The van der Waals surface area contributed by atoms with E-state index in [1.807, 2.05) is 0 Å². The van der Waals surface area contributed by atoms with Gasteiger partial charge in [-0.1, -0.05) is 0 Å². The van der Waals surface area contributed by atoms with Crippen molar-refractivity contribution in [3.8, 4) is 5.75 Å². The van der Waals surface area contributed by atoms with Gasteiger partial charge in [0.2, 0.25) is 0 Å².